The molecule has 3 N–H and O–H groups in total. The van der Waals surface area contributed by atoms with E-state index in [9.17, 15) is 9.59 Å². The fraction of sp³-hybridized carbons (Fsp3) is 0.500. The van der Waals surface area contributed by atoms with E-state index >= 15 is 0 Å². The number of fused-ring (bicyclic) bond motifs is 1. The van der Waals surface area contributed by atoms with Gasteiger partial charge in [0.05, 0.1) is 6.04 Å². The van der Waals surface area contributed by atoms with Crippen molar-refractivity contribution in [1.29, 1.82) is 0 Å². The zero-order chi connectivity index (χ0) is 18.0. The fourth-order valence-corrected chi connectivity index (χ4v) is 3.75. The van der Waals surface area contributed by atoms with E-state index in [0.717, 1.165) is 37.1 Å². The molecule has 25 heavy (non-hydrogen) atoms. The molecule has 1 saturated heterocycles. The lowest BCUT2D eigenvalue weighted by Crippen LogP contribution is -2.49. The molecular weight excluding hydrogens is 314 g/mol. The van der Waals surface area contributed by atoms with Gasteiger partial charge in [-0.15, -0.1) is 0 Å². The van der Waals surface area contributed by atoms with E-state index in [1.165, 1.54) is 5.56 Å². The van der Waals surface area contributed by atoms with Gasteiger partial charge in [0, 0.05) is 31.1 Å². The Morgan fingerprint density at radius 1 is 1.20 bits per heavy atom. The molecule has 5 heteroatoms. The third-order valence-electron chi connectivity index (χ3n) is 5.36. The molecule has 134 valence electrons. The highest BCUT2D eigenvalue weighted by Crippen LogP contribution is 2.26. The van der Waals surface area contributed by atoms with E-state index in [4.69, 9.17) is 5.73 Å². The van der Waals surface area contributed by atoms with Crippen LogP contribution >= 0.6 is 0 Å². The zero-order valence-corrected chi connectivity index (χ0v) is 15.0. The van der Waals surface area contributed by atoms with Crippen LogP contribution in [-0.4, -0.2) is 41.9 Å². The highest BCUT2D eigenvalue weighted by molar-refractivity contribution is 6.00. The Labute approximate surface area is 149 Å². The topological polar surface area (TPSA) is 75.4 Å². The van der Waals surface area contributed by atoms with Crippen molar-refractivity contribution in [2.45, 2.75) is 45.2 Å². The van der Waals surface area contributed by atoms with E-state index < -0.39 is 6.04 Å². The number of hydrogen-bond donors (Lipinski definition) is 2. The molecule has 1 heterocycles. The lowest BCUT2D eigenvalue weighted by atomic mass is 9.90. The molecule has 2 atom stereocenters. The first-order valence-corrected chi connectivity index (χ1v) is 9.09. The highest BCUT2D eigenvalue weighted by atomic mass is 16.2. The standard InChI is InChI=1S/C20H27N3O2/c1-13(21)20(25)23-9-7-15(8-10-23)14(2)22-19(24)18-11-16-5-3-4-6-17(16)12-18/h3-6,11,13-15H,7-10,12,21H2,1-2H3,(H,22,24)/t13-,14?/m0/s1. The van der Waals surface area contributed by atoms with Crippen molar-refractivity contribution in [2.75, 3.05) is 13.1 Å². The second-order valence-electron chi connectivity index (χ2n) is 7.26. The number of hydrogen-bond acceptors (Lipinski definition) is 3. The number of amides is 2. The first-order chi connectivity index (χ1) is 12.0. The van der Waals surface area contributed by atoms with Crippen molar-refractivity contribution in [3.8, 4) is 0 Å². The largest absolute Gasteiger partial charge is 0.350 e. The molecule has 1 aromatic carbocycles. The van der Waals surface area contributed by atoms with E-state index in [0.29, 0.717) is 12.3 Å². The second-order valence-corrected chi connectivity index (χ2v) is 7.26. The number of carbonyl (C=O) groups is 2. The number of piperidine rings is 1. The number of nitrogens with one attached hydrogen (secondary N) is 1. The Morgan fingerprint density at radius 2 is 1.88 bits per heavy atom. The van der Waals surface area contributed by atoms with Gasteiger partial charge in [-0.25, -0.2) is 0 Å². The number of carbonyl (C=O) groups excluding carboxylic acids is 2. The minimum Gasteiger partial charge on any atom is -0.350 e. The molecule has 2 amide bonds. The SMILES string of the molecule is CC(NC(=O)C1=Cc2ccccc2C1)C1CCN(C(=O)[C@H](C)N)CC1. The Balaban J connectivity index is 1.51. The quantitative estimate of drug-likeness (QED) is 0.875. The smallest absolute Gasteiger partial charge is 0.247 e. The van der Waals surface area contributed by atoms with Gasteiger partial charge in [-0.05, 0) is 49.8 Å². The van der Waals surface area contributed by atoms with E-state index in [1.807, 2.05) is 29.2 Å². The predicted molar refractivity (Wildman–Crippen MR) is 98.7 cm³/mol. The first-order valence-electron chi connectivity index (χ1n) is 9.09. The van der Waals surface area contributed by atoms with Crippen LogP contribution in [0, 0.1) is 5.92 Å². The minimum atomic E-state index is -0.440. The molecule has 1 aliphatic carbocycles. The monoisotopic (exact) mass is 341 g/mol. The summed E-state index contributed by atoms with van der Waals surface area (Å²) in [7, 11) is 0. The Bertz CT molecular complexity index is 688. The molecule has 0 radical (unpaired) electrons. The van der Waals surface area contributed by atoms with Gasteiger partial charge >= 0.3 is 0 Å². The third-order valence-corrected chi connectivity index (χ3v) is 5.36. The molecule has 1 unspecified atom stereocenters. The van der Waals surface area contributed by atoms with Gasteiger partial charge in [0.1, 0.15) is 0 Å². The molecule has 1 aromatic rings. The van der Waals surface area contributed by atoms with Gasteiger partial charge in [0.15, 0.2) is 0 Å². The summed E-state index contributed by atoms with van der Waals surface area (Å²) in [5.74, 6) is 0.437. The number of nitrogens with two attached hydrogens (primary N) is 1. The third kappa shape index (κ3) is 3.93. The van der Waals surface area contributed by atoms with Gasteiger partial charge in [0.25, 0.3) is 0 Å². The molecule has 1 fully saturated rings. The fourth-order valence-electron chi connectivity index (χ4n) is 3.75. The molecule has 0 bridgehead atoms. The molecule has 0 saturated carbocycles. The summed E-state index contributed by atoms with van der Waals surface area (Å²) in [4.78, 5) is 26.4. The second kappa shape index (κ2) is 7.40. The summed E-state index contributed by atoms with van der Waals surface area (Å²) in [6.45, 7) is 5.23. The van der Waals surface area contributed by atoms with Crippen LogP contribution in [-0.2, 0) is 16.0 Å². The van der Waals surface area contributed by atoms with Gasteiger partial charge in [-0.1, -0.05) is 24.3 Å². The van der Waals surface area contributed by atoms with Crippen molar-refractivity contribution in [1.82, 2.24) is 10.2 Å². The summed E-state index contributed by atoms with van der Waals surface area (Å²) in [5, 5.41) is 3.16. The summed E-state index contributed by atoms with van der Waals surface area (Å²) in [5.41, 5.74) is 8.86. The van der Waals surface area contributed by atoms with Crippen LogP contribution in [0.2, 0.25) is 0 Å². The summed E-state index contributed by atoms with van der Waals surface area (Å²) in [6.07, 6.45) is 4.50. The van der Waals surface area contributed by atoms with Crippen LogP contribution in [0.4, 0.5) is 0 Å². The van der Waals surface area contributed by atoms with E-state index in [1.54, 1.807) is 6.92 Å². The van der Waals surface area contributed by atoms with Crippen LogP contribution in [0.3, 0.4) is 0 Å². The Morgan fingerprint density at radius 3 is 2.52 bits per heavy atom. The zero-order valence-electron chi connectivity index (χ0n) is 15.0. The molecule has 0 aromatic heterocycles. The highest BCUT2D eigenvalue weighted by Gasteiger charge is 2.29. The lowest BCUT2D eigenvalue weighted by Gasteiger charge is -2.35. The van der Waals surface area contributed by atoms with Gasteiger partial charge in [0.2, 0.25) is 11.8 Å². The molecule has 0 spiro atoms. The minimum absolute atomic E-state index is 0.0176. The van der Waals surface area contributed by atoms with Crippen molar-refractivity contribution < 1.29 is 9.59 Å². The Hall–Kier alpha value is -2.14. The van der Waals surface area contributed by atoms with Gasteiger partial charge < -0.3 is 16.0 Å². The maximum absolute atomic E-state index is 12.6. The van der Waals surface area contributed by atoms with Crippen LogP contribution in [0.25, 0.3) is 6.08 Å². The van der Waals surface area contributed by atoms with Crippen LogP contribution in [0.5, 0.6) is 0 Å². The van der Waals surface area contributed by atoms with Crippen molar-refractivity contribution in [2.24, 2.45) is 11.7 Å². The average Bonchev–Trinajstić information content (AvgIpc) is 3.05. The Kier molecular flexibility index (Phi) is 5.23. The maximum atomic E-state index is 12.6. The number of rotatable bonds is 4. The van der Waals surface area contributed by atoms with Crippen molar-refractivity contribution >= 4 is 17.9 Å². The predicted octanol–water partition coefficient (Wildman–Crippen LogP) is 1.72. The average molecular weight is 341 g/mol. The van der Waals surface area contributed by atoms with Crippen LogP contribution < -0.4 is 11.1 Å². The molecular formula is C20H27N3O2. The van der Waals surface area contributed by atoms with E-state index in [-0.39, 0.29) is 17.9 Å². The normalized spacial score (nSPS) is 19.8. The lowest BCUT2D eigenvalue weighted by molar-refractivity contribution is -0.134. The van der Waals surface area contributed by atoms with Crippen molar-refractivity contribution in [3.63, 3.8) is 0 Å². The summed E-state index contributed by atoms with van der Waals surface area (Å²) >= 11 is 0. The van der Waals surface area contributed by atoms with Crippen LogP contribution in [0.1, 0.15) is 37.8 Å². The molecule has 1 aliphatic heterocycles. The number of likely N-dealkylation sites (tertiary alicyclic amines) is 1. The van der Waals surface area contributed by atoms with E-state index in [2.05, 4.69) is 18.3 Å². The molecule has 5 nitrogen and oxygen atoms in total. The van der Waals surface area contributed by atoms with Crippen molar-refractivity contribution in [3.05, 3.63) is 41.0 Å². The summed E-state index contributed by atoms with van der Waals surface area (Å²) in [6, 6.07) is 7.78. The number of benzene rings is 1. The molecule has 3 rings (SSSR count). The molecule has 2 aliphatic rings. The van der Waals surface area contributed by atoms with Gasteiger partial charge in [-0.3, -0.25) is 9.59 Å². The first kappa shape index (κ1) is 17.7. The summed E-state index contributed by atoms with van der Waals surface area (Å²) < 4.78 is 0. The van der Waals surface area contributed by atoms with Gasteiger partial charge in [-0.2, -0.15) is 0 Å². The maximum Gasteiger partial charge on any atom is 0.247 e. The number of nitrogens with zero attached hydrogens (tertiary/aromatic N) is 1. The van der Waals surface area contributed by atoms with Crippen LogP contribution in [0.15, 0.2) is 29.8 Å².